The first-order valence-electron chi connectivity index (χ1n) is 5.02. The number of nitriles is 1. The lowest BCUT2D eigenvalue weighted by Crippen LogP contribution is -1.92. The number of nitrogens with zero attached hydrogens (tertiary/aromatic N) is 1. The summed E-state index contributed by atoms with van der Waals surface area (Å²) in [7, 11) is 0. The first-order chi connectivity index (χ1) is 8.60. The minimum atomic E-state index is -0.360. The summed E-state index contributed by atoms with van der Waals surface area (Å²) < 4.78 is 18.9. The van der Waals surface area contributed by atoms with Gasteiger partial charge in [-0.15, -0.1) is 0 Å². The van der Waals surface area contributed by atoms with Gasteiger partial charge in [0.05, 0.1) is 15.7 Å². The van der Waals surface area contributed by atoms with Gasteiger partial charge in [0.2, 0.25) is 0 Å². The lowest BCUT2D eigenvalue weighted by molar-refractivity contribution is 0.480. The van der Waals surface area contributed by atoms with E-state index < -0.39 is 0 Å². The van der Waals surface area contributed by atoms with Crippen molar-refractivity contribution in [1.82, 2.24) is 0 Å². The zero-order chi connectivity index (χ0) is 13.1. The van der Waals surface area contributed by atoms with Gasteiger partial charge in [-0.05, 0) is 46.3 Å². The fourth-order valence-corrected chi connectivity index (χ4v) is 1.74. The average Bonchev–Trinajstić information content (AvgIpc) is 2.34. The molecule has 2 rings (SSSR count). The molecule has 0 aliphatic carbocycles. The number of rotatable bonds is 2. The minimum Gasteiger partial charge on any atom is -0.457 e. The van der Waals surface area contributed by atoms with Crippen LogP contribution < -0.4 is 10.5 Å². The highest BCUT2D eigenvalue weighted by molar-refractivity contribution is 9.10. The fraction of sp³-hybridized carbons (Fsp3) is 0. The van der Waals surface area contributed by atoms with Gasteiger partial charge >= 0.3 is 0 Å². The number of benzene rings is 2. The van der Waals surface area contributed by atoms with E-state index in [1.807, 2.05) is 6.07 Å². The van der Waals surface area contributed by atoms with Gasteiger partial charge in [-0.2, -0.15) is 5.26 Å². The van der Waals surface area contributed by atoms with Crippen molar-refractivity contribution >= 4 is 21.6 Å². The third-order valence-electron chi connectivity index (χ3n) is 2.27. The number of nitrogens with two attached hydrogens (primary N) is 1. The first-order valence-corrected chi connectivity index (χ1v) is 5.82. The van der Waals surface area contributed by atoms with Crippen molar-refractivity contribution in [3.05, 3.63) is 52.3 Å². The maximum atomic E-state index is 13.0. The number of hydrogen-bond donors (Lipinski definition) is 1. The van der Waals surface area contributed by atoms with Crippen molar-refractivity contribution in [3.8, 4) is 17.6 Å². The lowest BCUT2D eigenvalue weighted by Gasteiger charge is -2.07. The van der Waals surface area contributed by atoms with E-state index >= 15 is 0 Å². The number of ether oxygens (including phenoxy) is 1. The molecule has 0 saturated carbocycles. The summed E-state index contributed by atoms with van der Waals surface area (Å²) in [5.41, 5.74) is 6.40. The van der Waals surface area contributed by atoms with Crippen molar-refractivity contribution in [2.75, 3.05) is 5.73 Å². The molecule has 0 aliphatic heterocycles. The topological polar surface area (TPSA) is 59.0 Å². The van der Waals surface area contributed by atoms with Crippen molar-refractivity contribution in [2.45, 2.75) is 0 Å². The van der Waals surface area contributed by atoms with E-state index in [1.165, 1.54) is 18.2 Å². The second kappa shape index (κ2) is 5.07. The maximum absolute atomic E-state index is 13.0. The van der Waals surface area contributed by atoms with E-state index in [1.54, 1.807) is 18.2 Å². The smallest absolute Gasteiger partial charge is 0.137 e. The summed E-state index contributed by atoms with van der Waals surface area (Å²) in [6, 6.07) is 11.0. The Bertz CT molecular complexity index is 637. The van der Waals surface area contributed by atoms with Crippen LogP contribution in [0.5, 0.6) is 11.5 Å². The van der Waals surface area contributed by atoms with E-state index in [0.717, 1.165) is 0 Å². The highest BCUT2D eigenvalue weighted by Gasteiger charge is 2.04. The monoisotopic (exact) mass is 306 g/mol. The molecule has 0 aromatic heterocycles. The van der Waals surface area contributed by atoms with Crippen LogP contribution in [-0.2, 0) is 0 Å². The van der Waals surface area contributed by atoms with Crippen LogP contribution in [0.1, 0.15) is 5.56 Å². The molecule has 0 spiro atoms. The molecule has 0 aliphatic rings. The molecule has 0 bridgehead atoms. The van der Waals surface area contributed by atoms with Crippen LogP contribution in [0.25, 0.3) is 0 Å². The molecule has 3 nitrogen and oxygen atoms in total. The zero-order valence-electron chi connectivity index (χ0n) is 9.15. The Kier molecular flexibility index (Phi) is 3.49. The van der Waals surface area contributed by atoms with Crippen molar-refractivity contribution in [2.24, 2.45) is 0 Å². The summed E-state index contributed by atoms with van der Waals surface area (Å²) in [5, 5.41) is 8.75. The van der Waals surface area contributed by atoms with E-state index in [-0.39, 0.29) is 5.82 Å². The molecular formula is C13H8BrFN2O. The summed E-state index contributed by atoms with van der Waals surface area (Å²) in [5.74, 6) is 0.610. The van der Waals surface area contributed by atoms with Crippen LogP contribution >= 0.6 is 15.9 Å². The standard InChI is InChI=1S/C13H8BrFN2O/c14-11-5-9(3-4-12(11)15)18-10-2-1-8(7-16)13(17)6-10/h1-6H,17H2. The second-order valence-corrected chi connectivity index (χ2v) is 4.39. The molecule has 5 heteroatoms. The van der Waals surface area contributed by atoms with Crippen LogP contribution in [0.2, 0.25) is 0 Å². The largest absolute Gasteiger partial charge is 0.457 e. The SMILES string of the molecule is N#Cc1ccc(Oc2ccc(F)c(Br)c2)cc1N. The van der Waals surface area contributed by atoms with Crippen molar-refractivity contribution in [1.29, 1.82) is 5.26 Å². The highest BCUT2D eigenvalue weighted by atomic mass is 79.9. The van der Waals surface area contributed by atoms with Gasteiger partial charge in [0.1, 0.15) is 23.4 Å². The maximum Gasteiger partial charge on any atom is 0.137 e. The van der Waals surface area contributed by atoms with Crippen molar-refractivity contribution in [3.63, 3.8) is 0 Å². The van der Waals surface area contributed by atoms with E-state index in [0.29, 0.717) is 27.2 Å². The van der Waals surface area contributed by atoms with Crippen molar-refractivity contribution < 1.29 is 9.13 Å². The first kappa shape index (κ1) is 12.4. The minimum absolute atomic E-state index is 0.321. The Balaban J connectivity index is 2.26. The molecule has 2 aromatic carbocycles. The predicted molar refractivity (Wildman–Crippen MR) is 69.7 cm³/mol. The fourth-order valence-electron chi connectivity index (χ4n) is 1.38. The summed E-state index contributed by atoms with van der Waals surface area (Å²) in [6.07, 6.45) is 0. The molecule has 0 saturated heterocycles. The molecular weight excluding hydrogens is 299 g/mol. The molecule has 0 amide bonds. The van der Waals surface area contributed by atoms with Crippen LogP contribution in [0.4, 0.5) is 10.1 Å². The van der Waals surface area contributed by atoms with E-state index in [9.17, 15) is 4.39 Å². The van der Waals surface area contributed by atoms with E-state index in [4.69, 9.17) is 15.7 Å². The molecule has 0 heterocycles. The number of nitrogen functional groups attached to an aromatic ring is 1. The Morgan fingerprint density at radius 2 is 1.83 bits per heavy atom. The molecule has 0 fully saturated rings. The second-order valence-electron chi connectivity index (χ2n) is 3.54. The summed E-state index contributed by atoms with van der Waals surface area (Å²) in [4.78, 5) is 0. The molecule has 2 aromatic rings. The highest BCUT2D eigenvalue weighted by Crippen LogP contribution is 2.28. The quantitative estimate of drug-likeness (QED) is 0.858. The van der Waals surface area contributed by atoms with Crippen LogP contribution in [-0.4, -0.2) is 0 Å². The Hall–Kier alpha value is -2.06. The number of hydrogen-bond acceptors (Lipinski definition) is 3. The third kappa shape index (κ3) is 2.60. The van der Waals surface area contributed by atoms with Gasteiger partial charge in [-0.1, -0.05) is 0 Å². The third-order valence-corrected chi connectivity index (χ3v) is 2.88. The van der Waals surface area contributed by atoms with Gasteiger partial charge in [-0.25, -0.2) is 4.39 Å². The molecule has 0 radical (unpaired) electrons. The number of anilines is 1. The summed E-state index contributed by atoms with van der Waals surface area (Å²) >= 11 is 3.07. The molecule has 18 heavy (non-hydrogen) atoms. The van der Waals surface area contributed by atoms with Gasteiger partial charge in [0, 0.05) is 6.07 Å². The van der Waals surface area contributed by atoms with Gasteiger partial charge < -0.3 is 10.5 Å². The van der Waals surface area contributed by atoms with Crippen LogP contribution in [0.3, 0.4) is 0 Å². The lowest BCUT2D eigenvalue weighted by atomic mass is 10.2. The average molecular weight is 307 g/mol. The van der Waals surface area contributed by atoms with Gasteiger partial charge in [0.15, 0.2) is 0 Å². The van der Waals surface area contributed by atoms with Crippen LogP contribution in [0, 0.1) is 17.1 Å². The number of halogens is 2. The van der Waals surface area contributed by atoms with Gasteiger partial charge in [-0.3, -0.25) is 0 Å². The molecule has 0 atom stereocenters. The molecule has 2 N–H and O–H groups in total. The summed E-state index contributed by atoms with van der Waals surface area (Å²) in [6.45, 7) is 0. The Labute approximate surface area is 112 Å². The Morgan fingerprint density at radius 3 is 2.44 bits per heavy atom. The van der Waals surface area contributed by atoms with E-state index in [2.05, 4.69) is 15.9 Å². The zero-order valence-corrected chi connectivity index (χ0v) is 10.7. The van der Waals surface area contributed by atoms with Crippen LogP contribution in [0.15, 0.2) is 40.9 Å². The molecule has 0 unspecified atom stereocenters. The Morgan fingerprint density at radius 1 is 1.17 bits per heavy atom. The molecule has 90 valence electrons. The van der Waals surface area contributed by atoms with Gasteiger partial charge in [0.25, 0.3) is 0 Å². The normalized spacial score (nSPS) is 9.83. The predicted octanol–water partition coefficient (Wildman–Crippen LogP) is 3.83.